The number of piperidine rings is 3. The van der Waals surface area contributed by atoms with Gasteiger partial charge in [-0.05, 0) is 74.2 Å². The molecule has 1 unspecified atom stereocenters. The van der Waals surface area contributed by atoms with Crippen LogP contribution in [0.1, 0.15) is 29.3 Å². The van der Waals surface area contributed by atoms with Gasteiger partial charge >= 0.3 is 0 Å². The summed E-state index contributed by atoms with van der Waals surface area (Å²) in [4.78, 5) is 17.4. The summed E-state index contributed by atoms with van der Waals surface area (Å²) in [5.41, 5.74) is 1.59. The number of nitrogens with zero attached hydrogens (tertiary/aromatic N) is 2. The van der Waals surface area contributed by atoms with Crippen molar-refractivity contribution in [2.75, 3.05) is 24.5 Å². The molecular formula is C24H26FN3O4S2. The smallest absolute Gasteiger partial charge is 0.296 e. The average Bonchev–Trinajstić information content (AvgIpc) is 3.25. The lowest BCUT2D eigenvalue weighted by molar-refractivity contribution is -0.118. The summed E-state index contributed by atoms with van der Waals surface area (Å²) in [6, 6.07) is 10.7. The first kappa shape index (κ1) is 23.3. The van der Waals surface area contributed by atoms with E-state index in [2.05, 4.69) is 10.2 Å². The van der Waals surface area contributed by atoms with E-state index in [1.165, 1.54) is 30.0 Å². The maximum absolute atomic E-state index is 14.1. The first-order chi connectivity index (χ1) is 16.2. The van der Waals surface area contributed by atoms with Crippen molar-refractivity contribution < 1.29 is 22.2 Å². The standard InChI is InChI=1S/C24H26FN3O4S2/c1-15-5-6-22(34(30,31)32)20(11-15)28-14-21(33-24(28)17-3-2-4-18(25)12-17)23(29)26-19-13-27-9-7-16(19)8-10-27/h2-6,11-12,14,16,19,24H,7-10,13H2,1H3,(H,26,29)(H,30,31,32)/t19-,24?/m0/s1. The molecule has 2 atom stereocenters. The molecule has 7 nitrogen and oxygen atoms in total. The lowest BCUT2D eigenvalue weighted by atomic mass is 9.84. The number of aryl methyl sites for hydroxylation is 1. The number of carbonyl (C=O) groups excluding carboxylic acids is 1. The van der Waals surface area contributed by atoms with Crippen LogP contribution in [0.15, 0.2) is 58.5 Å². The van der Waals surface area contributed by atoms with E-state index in [1.54, 1.807) is 35.4 Å². The van der Waals surface area contributed by atoms with Crippen LogP contribution >= 0.6 is 11.8 Å². The molecule has 1 amide bonds. The molecule has 0 aliphatic carbocycles. The Balaban J connectivity index is 1.51. The summed E-state index contributed by atoms with van der Waals surface area (Å²) in [5.74, 6) is -0.199. The molecule has 2 aromatic carbocycles. The lowest BCUT2D eigenvalue weighted by Crippen LogP contribution is -2.57. The highest BCUT2D eigenvalue weighted by atomic mass is 32.2. The Morgan fingerprint density at radius 1 is 1.18 bits per heavy atom. The first-order valence-corrected chi connectivity index (χ1v) is 13.5. The fraction of sp³-hybridized carbons (Fsp3) is 0.375. The van der Waals surface area contributed by atoms with E-state index >= 15 is 0 Å². The zero-order chi connectivity index (χ0) is 24.0. The van der Waals surface area contributed by atoms with Gasteiger partial charge < -0.3 is 15.1 Å². The van der Waals surface area contributed by atoms with Crippen LogP contribution in [0.4, 0.5) is 10.1 Å². The molecule has 10 heteroatoms. The van der Waals surface area contributed by atoms with E-state index in [1.807, 2.05) is 6.92 Å². The first-order valence-electron chi connectivity index (χ1n) is 11.2. The van der Waals surface area contributed by atoms with Gasteiger partial charge in [-0.2, -0.15) is 8.42 Å². The molecule has 180 valence electrons. The van der Waals surface area contributed by atoms with Crippen LogP contribution in [0.5, 0.6) is 0 Å². The Kier molecular flexibility index (Phi) is 6.18. The second-order valence-corrected chi connectivity index (χ2v) is 11.6. The van der Waals surface area contributed by atoms with Crippen molar-refractivity contribution in [1.29, 1.82) is 0 Å². The molecule has 3 fully saturated rings. The van der Waals surface area contributed by atoms with Gasteiger partial charge in [-0.3, -0.25) is 9.35 Å². The van der Waals surface area contributed by atoms with Crippen LogP contribution in [-0.4, -0.2) is 49.5 Å². The number of hydrogen-bond acceptors (Lipinski definition) is 6. The highest BCUT2D eigenvalue weighted by molar-refractivity contribution is 8.04. The van der Waals surface area contributed by atoms with Crippen molar-refractivity contribution in [2.24, 2.45) is 5.92 Å². The number of anilines is 1. The van der Waals surface area contributed by atoms with Crippen molar-refractivity contribution in [3.8, 4) is 0 Å². The molecule has 4 aliphatic rings. The van der Waals surface area contributed by atoms with Gasteiger partial charge in [0.25, 0.3) is 16.0 Å². The molecule has 0 spiro atoms. The van der Waals surface area contributed by atoms with E-state index < -0.39 is 21.3 Å². The largest absolute Gasteiger partial charge is 0.347 e. The molecule has 0 radical (unpaired) electrons. The summed E-state index contributed by atoms with van der Waals surface area (Å²) in [6.45, 7) is 4.77. The van der Waals surface area contributed by atoms with Crippen LogP contribution < -0.4 is 10.2 Å². The number of amides is 1. The minimum Gasteiger partial charge on any atom is -0.347 e. The summed E-state index contributed by atoms with van der Waals surface area (Å²) in [5, 5.41) is 2.59. The summed E-state index contributed by atoms with van der Waals surface area (Å²) in [6.07, 6.45) is 3.73. The van der Waals surface area contributed by atoms with E-state index in [4.69, 9.17) is 0 Å². The van der Waals surface area contributed by atoms with Gasteiger partial charge in [0.2, 0.25) is 0 Å². The fourth-order valence-corrected chi connectivity index (χ4v) is 6.83. The third-order valence-electron chi connectivity index (χ3n) is 6.75. The molecule has 2 bridgehead atoms. The van der Waals surface area contributed by atoms with Gasteiger partial charge in [0.1, 0.15) is 16.1 Å². The van der Waals surface area contributed by atoms with Gasteiger partial charge in [-0.1, -0.05) is 30.0 Å². The monoisotopic (exact) mass is 503 g/mol. The van der Waals surface area contributed by atoms with Crippen molar-refractivity contribution in [3.05, 3.63) is 70.5 Å². The van der Waals surface area contributed by atoms with E-state index in [0.717, 1.165) is 38.0 Å². The second-order valence-electron chi connectivity index (χ2n) is 9.09. The predicted octanol–water partition coefficient (Wildman–Crippen LogP) is 3.68. The normalized spacial score (nSPS) is 26.4. The number of halogens is 1. The van der Waals surface area contributed by atoms with Gasteiger partial charge in [0.15, 0.2) is 0 Å². The number of nitrogens with one attached hydrogen (secondary N) is 1. The van der Waals surface area contributed by atoms with Crippen molar-refractivity contribution in [1.82, 2.24) is 10.2 Å². The second kappa shape index (κ2) is 8.99. The minimum atomic E-state index is -4.53. The number of fused-ring (bicyclic) bond motifs is 3. The predicted molar refractivity (Wildman–Crippen MR) is 129 cm³/mol. The molecule has 0 saturated carbocycles. The van der Waals surface area contributed by atoms with Crippen LogP contribution in [0, 0.1) is 18.7 Å². The number of carbonyl (C=O) groups is 1. The van der Waals surface area contributed by atoms with Crippen molar-refractivity contribution >= 4 is 33.5 Å². The van der Waals surface area contributed by atoms with Crippen molar-refractivity contribution in [3.63, 3.8) is 0 Å². The van der Waals surface area contributed by atoms with Gasteiger partial charge in [-0.15, -0.1) is 0 Å². The van der Waals surface area contributed by atoms with E-state index in [0.29, 0.717) is 16.4 Å². The van der Waals surface area contributed by atoms with Gasteiger partial charge in [0.05, 0.1) is 10.6 Å². The highest BCUT2D eigenvalue weighted by Gasteiger charge is 2.38. The lowest BCUT2D eigenvalue weighted by Gasteiger charge is -2.44. The van der Waals surface area contributed by atoms with E-state index in [9.17, 15) is 22.2 Å². The molecule has 4 heterocycles. The third kappa shape index (κ3) is 4.59. The Labute approximate surface area is 202 Å². The Morgan fingerprint density at radius 3 is 2.59 bits per heavy atom. The molecule has 2 aromatic rings. The molecule has 3 saturated heterocycles. The molecule has 0 aromatic heterocycles. The number of thioether (sulfide) groups is 1. The number of benzene rings is 2. The molecule has 2 N–H and O–H groups in total. The molecule has 4 aliphatic heterocycles. The van der Waals surface area contributed by atoms with Crippen LogP contribution in [0.3, 0.4) is 0 Å². The number of hydrogen-bond donors (Lipinski definition) is 2. The quantitative estimate of drug-likeness (QED) is 0.602. The van der Waals surface area contributed by atoms with Crippen LogP contribution in [-0.2, 0) is 14.9 Å². The summed E-state index contributed by atoms with van der Waals surface area (Å²) >= 11 is 1.24. The zero-order valence-electron chi connectivity index (χ0n) is 18.6. The van der Waals surface area contributed by atoms with Crippen LogP contribution in [0.25, 0.3) is 0 Å². The van der Waals surface area contributed by atoms with Gasteiger partial charge in [0, 0.05) is 18.8 Å². The SMILES string of the molecule is Cc1ccc(S(=O)(=O)O)c(N2C=C(C(=O)N[C@H]3CN4CCC3CC4)SC2c2cccc(F)c2)c1. The van der Waals surface area contributed by atoms with E-state index in [-0.39, 0.29) is 22.5 Å². The van der Waals surface area contributed by atoms with Crippen LogP contribution in [0.2, 0.25) is 0 Å². The molecule has 6 rings (SSSR count). The number of rotatable bonds is 5. The maximum atomic E-state index is 14.1. The Morgan fingerprint density at radius 2 is 1.94 bits per heavy atom. The fourth-order valence-electron chi connectivity index (χ4n) is 5.01. The highest BCUT2D eigenvalue weighted by Crippen LogP contribution is 2.48. The van der Waals surface area contributed by atoms with Crippen molar-refractivity contribution in [2.45, 2.75) is 36.1 Å². The topological polar surface area (TPSA) is 90.0 Å². The minimum absolute atomic E-state index is 0.0746. The summed E-state index contributed by atoms with van der Waals surface area (Å²) < 4.78 is 48.2. The molecular weight excluding hydrogens is 477 g/mol. The molecule has 34 heavy (non-hydrogen) atoms. The summed E-state index contributed by atoms with van der Waals surface area (Å²) in [7, 11) is -4.53. The van der Waals surface area contributed by atoms with Gasteiger partial charge in [-0.25, -0.2) is 4.39 Å². The Hall–Kier alpha value is -2.40. The maximum Gasteiger partial charge on any atom is 0.296 e. The average molecular weight is 504 g/mol. The zero-order valence-corrected chi connectivity index (χ0v) is 20.3. The third-order valence-corrected chi connectivity index (χ3v) is 8.92. The Bertz CT molecular complexity index is 1260.